The highest BCUT2D eigenvalue weighted by atomic mass is 19.3. The second-order valence-corrected chi connectivity index (χ2v) is 5.11. The lowest BCUT2D eigenvalue weighted by molar-refractivity contribution is 0.152. The van der Waals surface area contributed by atoms with Crippen LogP contribution in [0.1, 0.15) is 19.4 Å². The quantitative estimate of drug-likeness (QED) is 0.728. The van der Waals surface area contributed by atoms with Gasteiger partial charge in [0.25, 0.3) is 6.43 Å². The van der Waals surface area contributed by atoms with E-state index in [1.54, 1.807) is 12.3 Å². The van der Waals surface area contributed by atoms with Gasteiger partial charge in [-0.3, -0.25) is 0 Å². The molecule has 0 amide bonds. The summed E-state index contributed by atoms with van der Waals surface area (Å²) in [6, 6.07) is 3.58. The van der Waals surface area contributed by atoms with Gasteiger partial charge in [-0.15, -0.1) is 0 Å². The molecule has 6 heteroatoms. The number of nitrogens with zero attached hydrogens (tertiary/aromatic N) is 2. The van der Waals surface area contributed by atoms with Gasteiger partial charge in [0.1, 0.15) is 5.82 Å². The van der Waals surface area contributed by atoms with Crippen molar-refractivity contribution in [1.29, 1.82) is 0 Å². The third kappa shape index (κ3) is 6.25. The van der Waals surface area contributed by atoms with E-state index in [1.165, 1.54) is 4.90 Å². The Balaban J connectivity index is 2.58. The van der Waals surface area contributed by atoms with Crippen LogP contribution in [-0.4, -0.2) is 42.8 Å². The lowest BCUT2D eigenvalue weighted by atomic mass is 10.2. The van der Waals surface area contributed by atoms with Crippen LogP contribution in [0.15, 0.2) is 18.3 Å². The summed E-state index contributed by atoms with van der Waals surface area (Å²) in [5, 5.41) is 12.2. The van der Waals surface area contributed by atoms with E-state index in [0.29, 0.717) is 18.3 Å². The first-order valence-electron chi connectivity index (χ1n) is 6.82. The summed E-state index contributed by atoms with van der Waals surface area (Å²) in [5.74, 6) is 1.04. The van der Waals surface area contributed by atoms with Crippen molar-refractivity contribution in [2.75, 3.05) is 31.1 Å². The summed E-state index contributed by atoms with van der Waals surface area (Å²) in [5.41, 5.74) is 1.01. The van der Waals surface area contributed by atoms with Crippen LogP contribution < -0.4 is 10.2 Å². The minimum absolute atomic E-state index is 0.155. The van der Waals surface area contributed by atoms with E-state index in [-0.39, 0.29) is 13.2 Å². The Hall–Kier alpha value is -1.27. The number of anilines is 1. The van der Waals surface area contributed by atoms with Crippen molar-refractivity contribution < 1.29 is 13.9 Å². The zero-order valence-corrected chi connectivity index (χ0v) is 12.0. The highest BCUT2D eigenvalue weighted by molar-refractivity contribution is 5.39. The summed E-state index contributed by atoms with van der Waals surface area (Å²) in [4.78, 5) is 5.57. The standard InChI is InChI=1S/C14H23F2N3O/c1-11(2)7-17-8-12-3-4-14(18-9-12)19(5-6-20)10-13(15)16/h3-4,9,11,13,17,20H,5-8,10H2,1-2H3. The minimum Gasteiger partial charge on any atom is -0.395 e. The molecule has 0 aliphatic rings. The fourth-order valence-electron chi connectivity index (χ4n) is 1.80. The molecule has 114 valence electrons. The maximum absolute atomic E-state index is 12.5. The normalized spacial score (nSPS) is 11.3. The van der Waals surface area contributed by atoms with Crippen molar-refractivity contribution in [1.82, 2.24) is 10.3 Å². The van der Waals surface area contributed by atoms with E-state index < -0.39 is 13.0 Å². The number of nitrogens with one attached hydrogen (secondary N) is 1. The number of hydrogen-bond donors (Lipinski definition) is 2. The maximum atomic E-state index is 12.5. The molecule has 0 radical (unpaired) electrons. The van der Waals surface area contributed by atoms with Gasteiger partial charge in [-0.25, -0.2) is 13.8 Å². The predicted octanol–water partition coefficient (Wildman–Crippen LogP) is 1.89. The SMILES string of the molecule is CC(C)CNCc1ccc(N(CCO)CC(F)F)nc1. The number of pyridine rings is 1. The van der Waals surface area contributed by atoms with Crippen LogP contribution in [0.25, 0.3) is 0 Å². The molecule has 2 N–H and O–H groups in total. The van der Waals surface area contributed by atoms with E-state index in [1.807, 2.05) is 6.07 Å². The van der Waals surface area contributed by atoms with E-state index in [0.717, 1.165) is 12.1 Å². The van der Waals surface area contributed by atoms with Crippen LogP contribution in [0.3, 0.4) is 0 Å². The van der Waals surface area contributed by atoms with Crippen LogP contribution in [0.4, 0.5) is 14.6 Å². The van der Waals surface area contributed by atoms with Crippen molar-refractivity contribution in [2.24, 2.45) is 5.92 Å². The molecular weight excluding hydrogens is 264 g/mol. The van der Waals surface area contributed by atoms with Gasteiger partial charge in [0.15, 0.2) is 0 Å². The lowest BCUT2D eigenvalue weighted by Crippen LogP contribution is -2.32. The fourth-order valence-corrected chi connectivity index (χ4v) is 1.80. The van der Waals surface area contributed by atoms with E-state index in [2.05, 4.69) is 24.1 Å². The molecule has 4 nitrogen and oxygen atoms in total. The number of aliphatic hydroxyl groups excluding tert-OH is 1. The Morgan fingerprint density at radius 1 is 1.35 bits per heavy atom. The molecule has 0 aliphatic carbocycles. The molecular formula is C14H23F2N3O. The van der Waals surface area contributed by atoms with Gasteiger partial charge in [-0.05, 0) is 24.1 Å². The van der Waals surface area contributed by atoms with Gasteiger partial charge in [-0.1, -0.05) is 19.9 Å². The van der Waals surface area contributed by atoms with Gasteiger partial charge in [-0.2, -0.15) is 0 Å². The highest BCUT2D eigenvalue weighted by Gasteiger charge is 2.13. The number of aliphatic hydroxyl groups is 1. The third-order valence-electron chi connectivity index (χ3n) is 2.74. The molecule has 0 bridgehead atoms. The third-order valence-corrected chi connectivity index (χ3v) is 2.74. The Morgan fingerprint density at radius 3 is 2.60 bits per heavy atom. The van der Waals surface area contributed by atoms with E-state index in [4.69, 9.17) is 5.11 Å². The number of alkyl halides is 2. The summed E-state index contributed by atoms with van der Waals surface area (Å²) >= 11 is 0. The molecule has 1 aromatic rings. The van der Waals surface area contributed by atoms with Crippen LogP contribution >= 0.6 is 0 Å². The summed E-state index contributed by atoms with van der Waals surface area (Å²) in [7, 11) is 0. The minimum atomic E-state index is -2.45. The van der Waals surface area contributed by atoms with Crippen molar-refractivity contribution in [3.05, 3.63) is 23.9 Å². The van der Waals surface area contributed by atoms with Crippen LogP contribution in [0.5, 0.6) is 0 Å². The summed E-state index contributed by atoms with van der Waals surface area (Å²) < 4.78 is 24.9. The molecule has 0 unspecified atom stereocenters. The zero-order chi connectivity index (χ0) is 15.0. The smallest absolute Gasteiger partial charge is 0.255 e. The monoisotopic (exact) mass is 287 g/mol. The predicted molar refractivity (Wildman–Crippen MR) is 76.1 cm³/mol. The van der Waals surface area contributed by atoms with Crippen LogP contribution in [0, 0.1) is 5.92 Å². The first-order valence-corrected chi connectivity index (χ1v) is 6.82. The highest BCUT2D eigenvalue weighted by Crippen LogP contribution is 2.13. The van der Waals surface area contributed by atoms with Crippen molar-refractivity contribution in [3.8, 4) is 0 Å². The molecule has 1 aromatic heterocycles. The maximum Gasteiger partial charge on any atom is 0.255 e. The molecule has 0 saturated carbocycles. The summed E-state index contributed by atoms with van der Waals surface area (Å²) in [6.45, 7) is 5.45. The Morgan fingerprint density at radius 2 is 2.10 bits per heavy atom. The molecule has 0 aliphatic heterocycles. The summed E-state index contributed by atoms with van der Waals surface area (Å²) in [6.07, 6.45) is -0.769. The average Bonchev–Trinajstić information content (AvgIpc) is 2.38. The molecule has 0 aromatic carbocycles. The van der Waals surface area contributed by atoms with Gasteiger partial charge in [0.05, 0.1) is 13.2 Å². The molecule has 0 spiro atoms. The second kappa shape index (κ2) is 8.81. The molecule has 0 fully saturated rings. The van der Waals surface area contributed by atoms with E-state index in [9.17, 15) is 8.78 Å². The number of halogens is 2. The average molecular weight is 287 g/mol. The number of aromatic nitrogens is 1. The fraction of sp³-hybridized carbons (Fsp3) is 0.643. The molecule has 0 saturated heterocycles. The lowest BCUT2D eigenvalue weighted by Gasteiger charge is -2.22. The van der Waals surface area contributed by atoms with E-state index >= 15 is 0 Å². The zero-order valence-electron chi connectivity index (χ0n) is 12.0. The first-order chi connectivity index (χ1) is 9.52. The van der Waals surface area contributed by atoms with Gasteiger partial charge >= 0.3 is 0 Å². The van der Waals surface area contributed by atoms with Gasteiger partial charge < -0.3 is 15.3 Å². The molecule has 20 heavy (non-hydrogen) atoms. The first kappa shape index (κ1) is 16.8. The Kier molecular flexibility index (Phi) is 7.40. The number of hydrogen-bond acceptors (Lipinski definition) is 4. The largest absolute Gasteiger partial charge is 0.395 e. The Bertz CT molecular complexity index is 371. The van der Waals surface area contributed by atoms with Crippen molar-refractivity contribution in [2.45, 2.75) is 26.8 Å². The molecule has 1 heterocycles. The Labute approximate surface area is 118 Å². The van der Waals surface area contributed by atoms with Crippen LogP contribution in [0.2, 0.25) is 0 Å². The van der Waals surface area contributed by atoms with Crippen molar-refractivity contribution in [3.63, 3.8) is 0 Å². The van der Waals surface area contributed by atoms with Crippen molar-refractivity contribution >= 4 is 5.82 Å². The second-order valence-electron chi connectivity index (χ2n) is 5.11. The van der Waals surface area contributed by atoms with Gasteiger partial charge in [0, 0.05) is 19.3 Å². The van der Waals surface area contributed by atoms with Crippen LogP contribution in [-0.2, 0) is 6.54 Å². The topological polar surface area (TPSA) is 48.4 Å². The molecule has 1 rings (SSSR count). The number of rotatable bonds is 9. The molecule has 0 atom stereocenters. The van der Waals surface area contributed by atoms with Gasteiger partial charge in [0.2, 0.25) is 0 Å².